The lowest BCUT2D eigenvalue weighted by molar-refractivity contribution is 0.145. The summed E-state index contributed by atoms with van der Waals surface area (Å²) in [6.07, 6.45) is 3.22. The Morgan fingerprint density at radius 1 is 1.12 bits per heavy atom. The lowest BCUT2D eigenvalue weighted by Gasteiger charge is -2.32. The number of piperazine rings is 1. The average molecular weight is 357 g/mol. The van der Waals surface area contributed by atoms with Gasteiger partial charge in [-0.15, -0.1) is 0 Å². The first kappa shape index (κ1) is 19.2. The van der Waals surface area contributed by atoms with Crippen LogP contribution in [0.3, 0.4) is 0 Å². The van der Waals surface area contributed by atoms with Crippen LogP contribution in [0.5, 0.6) is 5.75 Å². The van der Waals surface area contributed by atoms with Crippen LogP contribution >= 0.6 is 0 Å². The Morgan fingerprint density at radius 2 is 1.92 bits per heavy atom. The minimum atomic E-state index is 0.181. The van der Waals surface area contributed by atoms with Gasteiger partial charge in [0.2, 0.25) is 0 Å². The summed E-state index contributed by atoms with van der Waals surface area (Å²) in [5.41, 5.74) is 1.24. The molecule has 2 aliphatic rings. The van der Waals surface area contributed by atoms with E-state index < -0.39 is 0 Å². The van der Waals surface area contributed by atoms with Gasteiger partial charge in [0.05, 0.1) is 18.6 Å². The van der Waals surface area contributed by atoms with E-state index in [1.807, 2.05) is 6.07 Å². The van der Waals surface area contributed by atoms with Crippen molar-refractivity contribution in [1.29, 1.82) is 5.26 Å². The van der Waals surface area contributed by atoms with E-state index in [-0.39, 0.29) is 5.92 Å². The van der Waals surface area contributed by atoms with Crippen LogP contribution in [0.1, 0.15) is 24.8 Å². The first-order valence-electron chi connectivity index (χ1n) is 9.98. The number of rotatable bonds is 7. The third kappa shape index (κ3) is 5.70. The van der Waals surface area contributed by atoms with E-state index in [4.69, 9.17) is 4.74 Å². The molecule has 2 heterocycles. The SMILES string of the molecule is CN1CCN(CCCOc2ccccc2CN2CCC[C@H](C#N)C2)CC1. The van der Waals surface area contributed by atoms with Crippen molar-refractivity contribution in [2.75, 3.05) is 59.5 Å². The van der Waals surface area contributed by atoms with Crippen LogP contribution in [-0.2, 0) is 6.54 Å². The van der Waals surface area contributed by atoms with Crippen molar-refractivity contribution in [3.05, 3.63) is 29.8 Å². The third-order valence-electron chi connectivity index (χ3n) is 5.53. The number of benzene rings is 1. The molecule has 0 radical (unpaired) electrons. The predicted molar refractivity (Wildman–Crippen MR) is 104 cm³/mol. The van der Waals surface area contributed by atoms with E-state index in [0.29, 0.717) is 0 Å². The number of hydrogen-bond acceptors (Lipinski definition) is 5. The summed E-state index contributed by atoms with van der Waals surface area (Å²) in [6, 6.07) is 10.8. The highest BCUT2D eigenvalue weighted by molar-refractivity contribution is 5.33. The van der Waals surface area contributed by atoms with Gasteiger partial charge < -0.3 is 14.5 Å². The van der Waals surface area contributed by atoms with Crippen molar-refractivity contribution in [3.63, 3.8) is 0 Å². The topological polar surface area (TPSA) is 42.7 Å². The number of nitriles is 1. The van der Waals surface area contributed by atoms with Crippen molar-refractivity contribution in [1.82, 2.24) is 14.7 Å². The second-order valence-electron chi connectivity index (χ2n) is 7.66. The highest BCUT2D eigenvalue weighted by Crippen LogP contribution is 2.23. The van der Waals surface area contributed by atoms with Crippen LogP contribution < -0.4 is 4.74 Å². The maximum Gasteiger partial charge on any atom is 0.123 e. The van der Waals surface area contributed by atoms with Crippen LogP contribution in [0, 0.1) is 17.2 Å². The molecule has 0 N–H and O–H groups in total. The molecule has 26 heavy (non-hydrogen) atoms. The number of likely N-dealkylation sites (N-methyl/N-ethyl adjacent to an activating group) is 1. The number of nitrogens with zero attached hydrogens (tertiary/aromatic N) is 4. The molecule has 2 fully saturated rings. The largest absolute Gasteiger partial charge is 0.493 e. The lowest BCUT2D eigenvalue weighted by Crippen LogP contribution is -2.44. The van der Waals surface area contributed by atoms with Crippen molar-refractivity contribution >= 4 is 0 Å². The predicted octanol–water partition coefficient (Wildman–Crippen LogP) is 2.44. The number of hydrogen-bond donors (Lipinski definition) is 0. The summed E-state index contributed by atoms with van der Waals surface area (Å²) in [5.74, 6) is 1.19. The Bertz CT molecular complexity index is 592. The minimum absolute atomic E-state index is 0.181. The molecule has 1 aromatic carbocycles. The molecule has 3 rings (SSSR count). The standard InChI is InChI=1S/C21H32N4O/c1-23-11-13-24(14-12-23)10-5-15-26-21-8-3-2-7-20(21)18-25-9-4-6-19(16-22)17-25/h2-3,7-8,19H,4-6,9-15,17-18H2,1H3/t19-/m1/s1. The Balaban J connectivity index is 1.44. The zero-order chi connectivity index (χ0) is 18.2. The van der Waals surface area contributed by atoms with Gasteiger partial charge in [0.25, 0.3) is 0 Å². The van der Waals surface area contributed by atoms with E-state index in [1.54, 1.807) is 0 Å². The van der Waals surface area contributed by atoms with Gasteiger partial charge >= 0.3 is 0 Å². The summed E-state index contributed by atoms with van der Waals surface area (Å²) >= 11 is 0. The molecular formula is C21H32N4O. The molecule has 1 atom stereocenters. The van der Waals surface area contributed by atoms with Gasteiger partial charge in [0.1, 0.15) is 5.75 Å². The van der Waals surface area contributed by atoms with E-state index in [2.05, 4.69) is 46.0 Å². The normalized spacial score (nSPS) is 22.8. The van der Waals surface area contributed by atoms with Crippen molar-refractivity contribution in [2.45, 2.75) is 25.8 Å². The van der Waals surface area contributed by atoms with Gasteiger partial charge in [-0.05, 0) is 38.9 Å². The molecule has 2 saturated heterocycles. The Morgan fingerprint density at radius 3 is 2.73 bits per heavy atom. The zero-order valence-corrected chi connectivity index (χ0v) is 16.1. The number of piperidine rings is 1. The smallest absolute Gasteiger partial charge is 0.123 e. The van der Waals surface area contributed by atoms with E-state index in [1.165, 1.54) is 31.7 Å². The van der Waals surface area contributed by atoms with Gasteiger partial charge in [-0.25, -0.2) is 0 Å². The van der Waals surface area contributed by atoms with Crippen LogP contribution in [0.15, 0.2) is 24.3 Å². The van der Waals surface area contributed by atoms with Crippen molar-refractivity contribution in [3.8, 4) is 11.8 Å². The van der Waals surface area contributed by atoms with Gasteiger partial charge in [0.15, 0.2) is 0 Å². The molecule has 5 nitrogen and oxygen atoms in total. The molecule has 5 heteroatoms. The molecule has 0 amide bonds. The van der Waals surface area contributed by atoms with E-state index in [0.717, 1.165) is 57.8 Å². The first-order valence-corrected chi connectivity index (χ1v) is 9.98. The molecule has 0 unspecified atom stereocenters. The molecule has 0 bridgehead atoms. The second-order valence-corrected chi connectivity index (χ2v) is 7.66. The fourth-order valence-electron chi connectivity index (χ4n) is 3.86. The summed E-state index contributed by atoms with van der Waals surface area (Å²) in [7, 11) is 2.19. The van der Waals surface area contributed by atoms with Crippen LogP contribution in [0.25, 0.3) is 0 Å². The maximum atomic E-state index is 9.19. The molecule has 142 valence electrons. The molecule has 0 aromatic heterocycles. The fourth-order valence-corrected chi connectivity index (χ4v) is 3.86. The van der Waals surface area contributed by atoms with Crippen molar-refractivity contribution < 1.29 is 4.74 Å². The number of ether oxygens (including phenoxy) is 1. The summed E-state index contributed by atoms with van der Waals surface area (Å²) in [5, 5.41) is 9.19. The summed E-state index contributed by atoms with van der Waals surface area (Å²) < 4.78 is 6.12. The molecule has 0 aliphatic carbocycles. The summed E-state index contributed by atoms with van der Waals surface area (Å²) in [6.45, 7) is 9.41. The monoisotopic (exact) mass is 356 g/mol. The molecule has 1 aromatic rings. The van der Waals surface area contributed by atoms with Gasteiger partial charge in [-0.3, -0.25) is 4.90 Å². The Kier molecular flexibility index (Phi) is 7.31. The van der Waals surface area contributed by atoms with Gasteiger partial charge in [-0.2, -0.15) is 5.26 Å². The van der Waals surface area contributed by atoms with Gasteiger partial charge in [-0.1, -0.05) is 18.2 Å². The second kappa shape index (κ2) is 9.91. The zero-order valence-electron chi connectivity index (χ0n) is 16.1. The van der Waals surface area contributed by atoms with Crippen molar-refractivity contribution in [2.24, 2.45) is 5.92 Å². The van der Waals surface area contributed by atoms with E-state index >= 15 is 0 Å². The van der Waals surface area contributed by atoms with Crippen LogP contribution in [0.4, 0.5) is 0 Å². The average Bonchev–Trinajstić information content (AvgIpc) is 2.68. The highest BCUT2D eigenvalue weighted by Gasteiger charge is 2.20. The van der Waals surface area contributed by atoms with Crippen LogP contribution in [0.2, 0.25) is 0 Å². The maximum absolute atomic E-state index is 9.19. The Hall–Kier alpha value is -1.61. The molecule has 0 saturated carbocycles. The highest BCUT2D eigenvalue weighted by atomic mass is 16.5. The number of para-hydroxylation sites is 1. The summed E-state index contributed by atoms with van der Waals surface area (Å²) in [4.78, 5) is 7.32. The minimum Gasteiger partial charge on any atom is -0.493 e. The first-order chi connectivity index (χ1) is 12.7. The lowest BCUT2D eigenvalue weighted by atomic mass is 9.99. The molecule has 0 spiro atoms. The fraction of sp³-hybridized carbons (Fsp3) is 0.667. The number of likely N-dealkylation sites (tertiary alicyclic amines) is 1. The van der Waals surface area contributed by atoms with Crippen LogP contribution in [-0.4, -0.2) is 74.2 Å². The quantitative estimate of drug-likeness (QED) is 0.702. The third-order valence-corrected chi connectivity index (χ3v) is 5.53. The van der Waals surface area contributed by atoms with E-state index in [9.17, 15) is 5.26 Å². The molecule has 2 aliphatic heterocycles. The Labute approximate surface area is 158 Å². The molecular weight excluding hydrogens is 324 g/mol. The van der Waals surface area contributed by atoms with Gasteiger partial charge in [0, 0.05) is 51.4 Å².